The van der Waals surface area contributed by atoms with Gasteiger partial charge in [0.25, 0.3) is 5.91 Å². The lowest BCUT2D eigenvalue weighted by atomic mass is 10.2. The lowest BCUT2D eigenvalue weighted by molar-refractivity contribution is 0.0793. The molecular weight excluding hydrogens is 286 g/mol. The van der Waals surface area contributed by atoms with Gasteiger partial charge in [-0.05, 0) is 37.6 Å². The van der Waals surface area contributed by atoms with Crippen molar-refractivity contribution >= 4 is 27.3 Å². The normalized spacial score (nSPS) is 13.1. The van der Waals surface area contributed by atoms with Gasteiger partial charge in [0.1, 0.15) is 0 Å². The summed E-state index contributed by atoms with van der Waals surface area (Å²) >= 11 is 5.84. The monoisotopic (exact) mass is 303 g/mol. The third-order valence-corrected chi connectivity index (χ3v) is 4.09. The molecule has 0 aliphatic heterocycles. The summed E-state index contributed by atoms with van der Waals surface area (Å²) in [5.74, 6) is -0.141. The molecule has 1 amide bonds. The molecule has 0 saturated carbocycles. The summed E-state index contributed by atoms with van der Waals surface area (Å²) in [4.78, 5) is 13.8. The van der Waals surface area contributed by atoms with E-state index < -0.39 is 9.84 Å². The number of alkyl halides is 1. The van der Waals surface area contributed by atoms with Crippen LogP contribution in [0.5, 0.6) is 0 Å². The Balaban J connectivity index is 2.78. The number of carbonyl (C=O) groups excluding carboxylic acids is 1. The van der Waals surface area contributed by atoms with Crippen molar-refractivity contribution in [2.24, 2.45) is 0 Å². The van der Waals surface area contributed by atoms with E-state index >= 15 is 0 Å². The van der Waals surface area contributed by atoms with Crippen LogP contribution in [0.1, 0.15) is 23.7 Å². The molecule has 0 spiro atoms. The smallest absolute Gasteiger partial charge is 0.253 e. The topological polar surface area (TPSA) is 54.5 Å². The van der Waals surface area contributed by atoms with Crippen LogP contribution < -0.4 is 0 Å². The Morgan fingerprint density at radius 1 is 1.32 bits per heavy atom. The maximum absolute atomic E-state index is 12.1. The zero-order valence-corrected chi connectivity index (χ0v) is 12.8. The minimum absolute atomic E-state index is 0.0165. The van der Waals surface area contributed by atoms with Crippen molar-refractivity contribution < 1.29 is 13.2 Å². The Kier molecular flexibility index (Phi) is 5.38. The molecular formula is C13H18ClNO3S. The summed E-state index contributed by atoms with van der Waals surface area (Å²) in [7, 11) is -1.53. The van der Waals surface area contributed by atoms with Gasteiger partial charge in [-0.3, -0.25) is 4.79 Å². The molecule has 0 aliphatic carbocycles. The molecule has 0 radical (unpaired) electrons. The molecule has 1 atom stereocenters. The van der Waals surface area contributed by atoms with Gasteiger partial charge in [0.2, 0.25) is 0 Å². The summed E-state index contributed by atoms with van der Waals surface area (Å²) in [6.45, 7) is 2.44. The van der Waals surface area contributed by atoms with Crippen LogP contribution in [0.4, 0.5) is 0 Å². The highest BCUT2D eigenvalue weighted by Gasteiger charge is 2.13. The Hall–Kier alpha value is -1.07. The predicted octanol–water partition coefficient (Wildman–Crippen LogP) is 2.18. The molecule has 1 rings (SSSR count). The van der Waals surface area contributed by atoms with Gasteiger partial charge < -0.3 is 4.90 Å². The van der Waals surface area contributed by atoms with Crippen LogP contribution in [-0.2, 0) is 9.84 Å². The number of amides is 1. The predicted molar refractivity (Wildman–Crippen MR) is 76.4 cm³/mol. The van der Waals surface area contributed by atoms with Crippen molar-refractivity contribution in [3.8, 4) is 0 Å². The maximum Gasteiger partial charge on any atom is 0.253 e. The second-order valence-electron chi connectivity index (χ2n) is 4.59. The number of nitrogens with zero attached hydrogens (tertiary/aromatic N) is 1. The van der Waals surface area contributed by atoms with Crippen molar-refractivity contribution in [1.82, 2.24) is 4.90 Å². The average molecular weight is 304 g/mol. The molecule has 19 heavy (non-hydrogen) atoms. The van der Waals surface area contributed by atoms with Crippen LogP contribution >= 0.6 is 11.6 Å². The van der Waals surface area contributed by atoms with E-state index in [2.05, 4.69) is 0 Å². The Bertz CT molecular complexity index is 538. The van der Waals surface area contributed by atoms with E-state index in [9.17, 15) is 13.2 Å². The third kappa shape index (κ3) is 4.84. The number of benzene rings is 1. The summed E-state index contributed by atoms with van der Waals surface area (Å²) in [6, 6.07) is 5.94. The van der Waals surface area contributed by atoms with Gasteiger partial charge in [0.15, 0.2) is 9.84 Å². The molecule has 106 valence electrons. The van der Waals surface area contributed by atoms with Crippen LogP contribution in [0, 0.1) is 0 Å². The molecule has 4 nitrogen and oxygen atoms in total. The van der Waals surface area contributed by atoms with E-state index in [1.54, 1.807) is 11.9 Å². The fourth-order valence-corrected chi connectivity index (χ4v) is 2.27. The van der Waals surface area contributed by atoms with Crippen LogP contribution in [0.2, 0.25) is 0 Å². The molecule has 6 heteroatoms. The molecule has 0 aromatic heterocycles. The standard InChI is InChI=1S/C13H18ClNO3S/c1-10(14)8-9-15(2)13(16)11-4-6-12(7-5-11)19(3,17)18/h4-7,10H,8-9H2,1-3H3. The SMILES string of the molecule is CC(Cl)CCN(C)C(=O)c1ccc(S(C)(=O)=O)cc1. The van der Waals surface area contributed by atoms with Gasteiger partial charge in [-0.1, -0.05) is 0 Å². The minimum Gasteiger partial charge on any atom is -0.342 e. The highest BCUT2D eigenvalue weighted by Crippen LogP contribution is 2.12. The van der Waals surface area contributed by atoms with E-state index in [1.165, 1.54) is 24.3 Å². The average Bonchev–Trinajstić information content (AvgIpc) is 2.34. The zero-order chi connectivity index (χ0) is 14.6. The second-order valence-corrected chi connectivity index (χ2v) is 7.35. The quantitative estimate of drug-likeness (QED) is 0.783. The molecule has 1 unspecified atom stereocenters. The van der Waals surface area contributed by atoms with Crippen LogP contribution in [-0.4, -0.2) is 44.5 Å². The molecule has 1 aromatic rings. The first-order valence-corrected chi connectivity index (χ1v) is 8.24. The maximum atomic E-state index is 12.1. The summed E-state index contributed by atoms with van der Waals surface area (Å²) in [5.41, 5.74) is 0.470. The number of hydrogen-bond donors (Lipinski definition) is 0. The molecule has 1 aromatic carbocycles. The van der Waals surface area contributed by atoms with Crippen LogP contribution in [0.25, 0.3) is 0 Å². The van der Waals surface area contributed by atoms with Crippen molar-refractivity contribution in [1.29, 1.82) is 0 Å². The van der Waals surface area contributed by atoms with Crippen molar-refractivity contribution in [2.45, 2.75) is 23.6 Å². The number of rotatable bonds is 5. The fourth-order valence-electron chi connectivity index (χ4n) is 1.54. The Morgan fingerprint density at radius 2 is 1.84 bits per heavy atom. The minimum atomic E-state index is -3.23. The molecule has 0 fully saturated rings. The second kappa shape index (κ2) is 6.39. The van der Waals surface area contributed by atoms with Gasteiger partial charge in [0, 0.05) is 30.8 Å². The first-order valence-electron chi connectivity index (χ1n) is 5.91. The van der Waals surface area contributed by atoms with Gasteiger partial charge in [-0.2, -0.15) is 0 Å². The Morgan fingerprint density at radius 3 is 2.26 bits per heavy atom. The van der Waals surface area contributed by atoms with Crippen molar-refractivity contribution in [3.63, 3.8) is 0 Å². The molecule has 0 heterocycles. The van der Waals surface area contributed by atoms with Gasteiger partial charge in [-0.15, -0.1) is 11.6 Å². The number of hydrogen-bond acceptors (Lipinski definition) is 3. The molecule has 0 saturated heterocycles. The first-order chi connectivity index (χ1) is 8.71. The van der Waals surface area contributed by atoms with Gasteiger partial charge >= 0.3 is 0 Å². The van der Waals surface area contributed by atoms with Gasteiger partial charge in [0.05, 0.1) is 4.90 Å². The van der Waals surface area contributed by atoms with Crippen LogP contribution in [0.3, 0.4) is 0 Å². The first kappa shape index (κ1) is 16.0. The molecule has 0 N–H and O–H groups in total. The molecule has 0 aliphatic rings. The van der Waals surface area contributed by atoms with E-state index in [0.29, 0.717) is 18.5 Å². The molecule has 0 bridgehead atoms. The number of carbonyl (C=O) groups is 1. The highest BCUT2D eigenvalue weighted by molar-refractivity contribution is 7.90. The van der Waals surface area contributed by atoms with Crippen molar-refractivity contribution in [2.75, 3.05) is 19.8 Å². The summed E-state index contributed by atoms with van der Waals surface area (Å²) in [5, 5.41) is 0.0165. The Labute approximate surface area is 119 Å². The fraction of sp³-hybridized carbons (Fsp3) is 0.462. The van der Waals surface area contributed by atoms with Crippen LogP contribution in [0.15, 0.2) is 29.2 Å². The zero-order valence-electron chi connectivity index (χ0n) is 11.3. The van der Waals surface area contributed by atoms with E-state index in [1.807, 2.05) is 6.92 Å². The van der Waals surface area contributed by atoms with E-state index in [0.717, 1.165) is 6.26 Å². The number of sulfone groups is 1. The summed E-state index contributed by atoms with van der Waals surface area (Å²) in [6.07, 6.45) is 1.85. The lowest BCUT2D eigenvalue weighted by Crippen LogP contribution is -2.28. The lowest BCUT2D eigenvalue weighted by Gasteiger charge is -2.18. The van der Waals surface area contributed by atoms with Crippen molar-refractivity contribution in [3.05, 3.63) is 29.8 Å². The van der Waals surface area contributed by atoms with Gasteiger partial charge in [-0.25, -0.2) is 8.42 Å². The highest BCUT2D eigenvalue weighted by atomic mass is 35.5. The third-order valence-electron chi connectivity index (χ3n) is 2.74. The largest absolute Gasteiger partial charge is 0.342 e. The summed E-state index contributed by atoms with van der Waals surface area (Å²) < 4.78 is 22.6. The number of halogens is 1. The van der Waals surface area contributed by atoms with E-state index in [4.69, 9.17) is 11.6 Å². The van der Waals surface area contributed by atoms with E-state index in [-0.39, 0.29) is 16.2 Å².